The van der Waals surface area contributed by atoms with E-state index in [1.807, 2.05) is 7.05 Å². The van der Waals surface area contributed by atoms with Gasteiger partial charge in [-0.2, -0.15) is 4.99 Å². The number of unbranched alkanes of at least 4 members (excludes halogenated alkanes) is 1. The zero-order valence-electron chi connectivity index (χ0n) is 16.0. The molecule has 0 aliphatic heterocycles. The van der Waals surface area contributed by atoms with Gasteiger partial charge in [0.1, 0.15) is 0 Å². The lowest BCUT2D eigenvalue weighted by atomic mass is 9.79. The minimum Gasteiger partial charge on any atom is -0.319 e. The first-order valence-corrected chi connectivity index (χ1v) is 10.5. The first-order valence-electron chi connectivity index (χ1n) is 9.65. The van der Waals surface area contributed by atoms with Crippen molar-refractivity contribution in [1.82, 2.24) is 4.57 Å². The Bertz CT molecular complexity index is 822. The van der Waals surface area contributed by atoms with Crippen molar-refractivity contribution in [3.8, 4) is 0 Å². The number of hydrogen-bond acceptors (Lipinski definition) is 2. The van der Waals surface area contributed by atoms with Gasteiger partial charge in [-0.3, -0.25) is 4.79 Å². The molecule has 1 amide bonds. The number of rotatable bonds is 4. The second-order valence-corrected chi connectivity index (χ2v) is 8.67. The maximum absolute atomic E-state index is 12.7. The van der Waals surface area contributed by atoms with Crippen LogP contribution in [-0.2, 0) is 11.8 Å². The Morgan fingerprint density at radius 1 is 1.20 bits per heavy atom. The molecule has 4 heteroatoms. The minimum absolute atomic E-state index is 0.0875. The Hall–Kier alpha value is -1.42. The van der Waals surface area contributed by atoms with Crippen LogP contribution in [0.2, 0.25) is 0 Å². The smallest absolute Gasteiger partial charge is 0.251 e. The van der Waals surface area contributed by atoms with Crippen LogP contribution in [0.25, 0.3) is 10.2 Å². The maximum Gasteiger partial charge on any atom is 0.251 e. The predicted octanol–water partition coefficient (Wildman–Crippen LogP) is 5.28. The van der Waals surface area contributed by atoms with Gasteiger partial charge in [0.2, 0.25) is 0 Å². The lowest BCUT2D eigenvalue weighted by Crippen LogP contribution is -2.23. The zero-order valence-corrected chi connectivity index (χ0v) is 16.8. The van der Waals surface area contributed by atoms with Gasteiger partial charge in [0, 0.05) is 13.0 Å². The molecule has 1 fully saturated rings. The van der Waals surface area contributed by atoms with Crippen LogP contribution in [0.5, 0.6) is 0 Å². The molecule has 1 aliphatic rings. The summed E-state index contributed by atoms with van der Waals surface area (Å²) in [4.78, 5) is 18.0. The number of thiazole rings is 1. The number of benzene rings is 1. The summed E-state index contributed by atoms with van der Waals surface area (Å²) in [6.07, 6.45) is 8.36. The van der Waals surface area contributed by atoms with E-state index < -0.39 is 0 Å². The second kappa shape index (κ2) is 7.86. The van der Waals surface area contributed by atoms with Crippen LogP contribution in [0.3, 0.4) is 0 Å². The van der Waals surface area contributed by atoms with Gasteiger partial charge in [-0.05, 0) is 68.7 Å². The van der Waals surface area contributed by atoms with E-state index in [1.165, 1.54) is 53.4 Å². The van der Waals surface area contributed by atoms with E-state index in [4.69, 9.17) is 0 Å². The molecule has 1 aliphatic carbocycles. The Morgan fingerprint density at radius 3 is 2.56 bits per heavy atom. The number of carbonyl (C=O) groups is 1. The van der Waals surface area contributed by atoms with Crippen LogP contribution in [0.1, 0.15) is 63.0 Å². The molecule has 1 heterocycles. The van der Waals surface area contributed by atoms with Crippen LogP contribution >= 0.6 is 11.3 Å². The van der Waals surface area contributed by atoms with Crippen LogP contribution < -0.4 is 4.80 Å². The molecule has 1 saturated carbocycles. The molecular formula is C21H30N2OS. The van der Waals surface area contributed by atoms with E-state index in [0.717, 1.165) is 23.6 Å². The molecule has 0 saturated heterocycles. The Morgan fingerprint density at radius 2 is 1.88 bits per heavy atom. The summed E-state index contributed by atoms with van der Waals surface area (Å²) in [5.41, 5.74) is 3.74. The Labute approximate surface area is 154 Å². The average molecular weight is 359 g/mol. The van der Waals surface area contributed by atoms with Crippen molar-refractivity contribution in [2.75, 3.05) is 0 Å². The van der Waals surface area contributed by atoms with E-state index in [2.05, 4.69) is 42.5 Å². The number of hydrogen-bond donors (Lipinski definition) is 0. The third-order valence-electron chi connectivity index (χ3n) is 5.79. The normalized spacial score (nSPS) is 21.8. The quantitative estimate of drug-likeness (QED) is 0.732. The lowest BCUT2D eigenvalue weighted by Gasteiger charge is -2.26. The van der Waals surface area contributed by atoms with Crippen molar-refractivity contribution in [2.24, 2.45) is 23.9 Å². The van der Waals surface area contributed by atoms with Crippen molar-refractivity contribution in [1.29, 1.82) is 0 Å². The predicted molar refractivity (Wildman–Crippen MR) is 106 cm³/mol. The highest BCUT2D eigenvalue weighted by Crippen LogP contribution is 2.32. The summed E-state index contributed by atoms with van der Waals surface area (Å²) >= 11 is 1.63. The lowest BCUT2D eigenvalue weighted by molar-refractivity contribution is -0.123. The van der Waals surface area contributed by atoms with Gasteiger partial charge in [-0.15, -0.1) is 0 Å². The monoisotopic (exact) mass is 358 g/mol. The summed E-state index contributed by atoms with van der Waals surface area (Å²) < 4.78 is 3.28. The number of carbonyl (C=O) groups excluding carboxylic acids is 1. The molecule has 3 rings (SSSR count). The van der Waals surface area contributed by atoms with Gasteiger partial charge in [0.05, 0.1) is 10.2 Å². The highest BCUT2D eigenvalue weighted by atomic mass is 32.1. The van der Waals surface area contributed by atoms with Gasteiger partial charge in [0.15, 0.2) is 4.80 Å². The fraction of sp³-hybridized carbons (Fsp3) is 0.619. The molecule has 0 unspecified atom stereocenters. The fourth-order valence-corrected chi connectivity index (χ4v) is 4.97. The molecule has 0 atom stereocenters. The van der Waals surface area contributed by atoms with Crippen LogP contribution in [0, 0.1) is 25.7 Å². The highest BCUT2D eigenvalue weighted by molar-refractivity contribution is 7.16. The maximum atomic E-state index is 12.7. The molecule has 1 aromatic carbocycles. The van der Waals surface area contributed by atoms with Gasteiger partial charge in [-0.1, -0.05) is 37.5 Å². The first-order chi connectivity index (χ1) is 12.0. The highest BCUT2D eigenvalue weighted by Gasteiger charge is 2.25. The summed E-state index contributed by atoms with van der Waals surface area (Å²) in [6, 6.07) is 4.40. The third-order valence-corrected chi connectivity index (χ3v) is 6.89. The molecule has 1 aromatic heterocycles. The molecule has 0 bridgehead atoms. The van der Waals surface area contributed by atoms with E-state index in [9.17, 15) is 4.79 Å². The summed E-state index contributed by atoms with van der Waals surface area (Å²) in [5.74, 6) is 1.05. The molecule has 25 heavy (non-hydrogen) atoms. The Kier molecular flexibility index (Phi) is 5.78. The molecule has 136 valence electrons. The van der Waals surface area contributed by atoms with Crippen molar-refractivity contribution in [3.63, 3.8) is 0 Å². The average Bonchev–Trinajstić information content (AvgIpc) is 2.89. The van der Waals surface area contributed by atoms with Crippen LogP contribution in [-0.4, -0.2) is 10.5 Å². The van der Waals surface area contributed by atoms with E-state index >= 15 is 0 Å². The zero-order chi connectivity index (χ0) is 18.0. The van der Waals surface area contributed by atoms with Gasteiger partial charge >= 0.3 is 0 Å². The van der Waals surface area contributed by atoms with Crippen LogP contribution in [0.4, 0.5) is 0 Å². The van der Waals surface area contributed by atoms with Crippen molar-refractivity contribution >= 4 is 27.5 Å². The summed E-state index contributed by atoms with van der Waals surface area (Å²) in [7, 11) is 2.02. The van der Waals surface area contributed by atoms with Crippen molar-refractivity contribution < 1.29 is 4.79 Å². The van der Waals surface area contributed by atoms with Crippen molar-refractivity contribution in [2.45, 2.75) is 65.7 Å². The van der Waals surface area contributed by atoms with Gasteiger partial charge in [0.25, 0.3) is 5.91 Å². The number of nitrogens with zero attached hydrogens (tertiary/aromatic N) is 2. The van der Waals surface area contributed by atoms with Gasteiger partial charge < -0.3 is 4.57 Å². The summed E-state index contributed by atoms with van der Waals surface area (Å²) in [5, 5.41) is 0. The topological polar surface area (TPSA) is 34.4 Å². The fourth-order valence-electron chi connectivity index (χ4n) is 3.86. The third kappa shape index (κ3) is 4.05. The Balaban J connectivity index is 1.76. The molecule has 3 nitrogen and oxygen atoms in total. The minimum atomic E-state index is 0.0875. The molecule has 2 aromatic rings. The first kappa shape index (κ1) is 18.4. The standard InChI is InChI=1S/C21H30N2OS/c1-5-6-7-16-8-10-17(11-9-16)20(24)22-21-23(4)18-12-14(2)15(3)13-19(18)25-21/h12-13,16-17H,5-11H2,1-4H3. The molecule has 0 spiro atoms. The number of fused-ring (bicyclic) bond motifs is 1. The SMILES string of the molecule is CCCCC1CCC(C(=O)N=c2sc3cc(C)c(C)cc3n2C)CC1. The molecule has 0 radical (unpaired) electrons. The number of amides is 1. The van der Waals surface area contributed by atoms with E-state index in [1.54, 1.807) is 11.3 Å². The number of aryl methyl sites for hydroxylation is 3. The van der Waals surface area contributed by atoms with Crippen molar-refractivity contribution in [3.05, 3.63) is 28.1 Å². The van der Waals surface area contributed by atoms with Gasteiger partial charge in [-0.25, -0.2) is 0 Å². The van der Waals surface area contributed by atoms with Crippen LogP contribution in [0.15, 0.2) is 17.1 Å². The second-order valence-electron chi connectivity index (χ2n) is 7.66. The molecule has 0 N–H and O–H groups in total. The largest absolute Gasteiger partial charge is 0.319 e. The van der Waals surface area contributed by atoms with E-state index in [-0.39, 0.29) is 11.8 Å². The summed E-state index contributed by atoms with van der Waals surface area (Å²) in [6.45, 7) is 6.51. The van der Waals surface area contributed by atoms with E-state index in [0.29, 0.717) is 0 Å². The molecular weight excluding hydrogens is 328 g/mol. The number of aromatic nitrogens is 1.